The molecule has 0 spiro atoms. The molecule has 0 fully saturated rings. The van der Waals surface area contributed by atoms with Crippen LogP contribution in [0.2, 0.25) is 5.02 Å². The summed E-state index contributed by atoms with van der Waals surface area (Å²) >= 11 is 9.05. The van der Waals surface area contributed by atoms with Crippen LogP contribution in [0, 0.1) is 0 Å². The number of halogens is 1. The fourth-order valence-electron chi connectivity index (χ4n) is 1.43. The van der Waals surface area contributed by atoms with Gasteiger partial charge in [0.05, 0.1) is 6.10 Å². The average Bonchev–Trinajstić information content (AvgIpc) is 2.76. The van der Waals surface area contributed by atoms with E-state index in [4.69, 9.17) is 11.6 Å². The second-order valence-electron chi connectivity index (χ2n) is 3.79. The Balaban J connectivity index is 2.17. The first-order valence-electron chi connectivity index (χ1n) is 5.58. The van der Waals surface area contributed by atoms with E-state index >= 15 is 0 Å². The lowest BCUT2D eigenvalue weighted by atomic mass is 10.1. The summed E-state index contributed by atoms with van der Waals surface area (Å²) in [4.78, 5) is 5.39. The number of rotatable bonds is 4. The van der Waals surface area contributed by atoms with Crippen molar-refractivity contribution < 1.29 is 5.11 Å². The van der Waals surface area contributed by atoms with Crippen molar-refractivity contribution in [2.24, 2.45) is 0 Å². The summed E-state index contributed by atoms with van der Waals surface area (Å²) in [7, 11) is 0. The number of aromatic nitrogens is 2. The van der Waals surface area contributed by atoms with Gasteiger partial charge in [-0.2, -0.15) is 4.37 Å². The minimum atomic E-state index is -0.551. The average molecular weight is 301 g/mol. The number of aliphatic hydroxyl groups excluding tert-OH is 1. The highest BCUT2D eigenvalue weighted by molar-refractivity contribution is 8.01. The predicted octanol–water partition coefficient (Wildman–Crippen LogP) is 3.96. The van der Waals surface area contributed by atoms with Crippen LogP contribution in [0.5, 0.6) is 0 Å². The molecule has 1 aromatic carbocycles. The number of hydrogen-bond acceptors (Lipinski definition) is 5. The number of benzene rings is 1. The predicted molar refractivity (Wildman–Crippen MR) is 75.5 cm³/mol. The number of aryl methyl sites for hydroxylation is 1. The van der Waals surface area contributed by atoms with E-state index < -0.39 is 6.10 Å². The van der Waals surface area contributed by atoms with Crippen LogP contribution in [0.15, 0.2) is 27.4 Å². The van der Waals surface area contributed by atoms with E-state index in [0.29, 0.717) is 5.02 Å². The smallest absolute Gasteiger partial charge is 0.174 e. The summed E-state index contributed by atoms with van der Waals surface area (Å²) in [6.45, 7) is 3.73. The van der Waals surface area contributed by atoms with Gasteiger partial charge in [0.2, 0.25) is 0 Å². The van der Waals surface area contributed by atoms with Crippen LogP contribution < -0.4 is 0 Å². The Morgan fingerprint density at radius 3 is 2.83 bits per heavy atom. The Hall–Kier alpha value is -0.620. The second kappa shape index (κ2) is 6.02. The summed E-state index contributed by atoms with van der Waals surface area (Å²) in [6, 6.07) is 5.63. The van der Waals surface area contributed by atoms with Crippen molar-refractivity contribution in [3.8, 4) is 0 Å². The zero-order valence-electron chi connectivity index (χ0n) is 10.1. The zero-order valence-corrected chi connectivity index (χ0v) is 12.4. The maximum atomic E-state index is 9.51. The van der Waals surface area contributed by atoms with Gasteiger partial charge in [-0.05, 0) is 36.2 Å². The lowest BCUT2D eigenvalue weighted by Gasteiger charge is -2.08. The summed E-state index contributed by atoms with van der Waals surface area (Å²) < 4.78 is 5.15. The maximum absolute atomic E-state index is 9.51. The van der Waals surface area contributed by atoms with Crippen LogP contribution in [-0.4, -0.2) is 14.5 Å². The molecule has 0 amide bonds. The van der Waals surface area contributed by atoms with Crippen LogP contribution in [0.4, 0.5) is 0 Å². The third-order valence-electron chi connectivity index (χ3n) is 2.39. The highest BCUT2D eigenvalue weighted by atomic mass is 35.5. The monoisotopic (exact) mass is 300 g/mol. The fraction of sp³-hybridized carbons (Fsp3) is 0.333. The van der Waals surface area contributed by atoms with Crippen molar-refractivity contribution >= 4 is 34.9 Å². The van der Waals surface area contributed by atoms with Crippen LogP contribution in [-0.2, 0) is 6.42 Å². The van der Waals surface area contributed by atoms with Gasteiger partial charge in [0.25, 0.3) is 0 Å². The van der Waals surface area contributed by atoms with Gasteiger partial charge in [-0.3, -0.25) is 0 Å². The van der Waals surface area contributed by atoms with E-state index in [-0.39, 0.29) is 0 Å². The first-order valence-corrected chi connectivity index (χ1v) is 7.55. The normalized spacial score (nSPS) is 12.7. The first-order chi connectivity index (χ1) is 8.60. The lowest BCUT2D eigenvalue weighted by molar-refractivity contribution is 0.199. The molecule has 1 atom stereocenters. The summed E-state index contributed by atoms with van der Waals surface area (Å²) in [6.07, 6.45) is 0.295. The van der Waals surface area contributed by atoms with Crippen LogP contribution >= 0.6 is 34.9 Å². The molecule has 1 N–H and O–H groups in total. The molecule has 0 bridgehead atoms. The number of hydrogen-bond donors (Lipinski definition) is 1. The molecule has 1 unspecified atom stereocenters. The Morgan fingerprint density at radius 2 is 2.28 bits per heavy atom. The molecule has 1 heterocycles. The second-order valence-corrected chi connectivity index (χ2v) is 6.27. The maximum Gasteiger partial charge on any atom is 0.174 e. The molecule has 0 aliphatic carbocycles. The molecule has 0 saturated heterocycles. The highest BCUT2D eigenvalue weighted by Gasteiger charge is 2.09. The molecule has 3 nitrogen and oxygen atoms in total. The van der Waals surface area contributed by atoms with Crippen LogP contribution in [0.3, 0.4) is 0 Å². The van der Waals surface area contributed by atoms with Gasteiger partial charge in [0, 0.05) is 16.3 Å². The highest BCUT2D eigenvalue weighted by Crippen LogP contribution is 2.33. The van der Waals surface area contributed by atoms with Gasteiger partial charge in [0.15, 0.2) is 4.34 Å². The molecular formula is C12H13ClN2OS2. The summed E-state index contributed by atoms with van der Waals surface area (Å²) in [5.74, 6) is 0.870. The quantitative estimate of drug-likeness (QED) is 0.928. The van der Waals surface area contributed by atoms with Crippen LogP contribution in [0.1, 0.15) is 31.3 Å². The molecule has 0 aliphatic rings. The molecule has 1 aromatic heterocycles. The van der Waals surface area contributed by atoms with E-state index in [1.807, 2.05) is 25.1 Å². The molecule has 2 aromatic rings. The van der Waals surface area contributed by atoms with Gasteiger partial charge in [0.1, 0.15) is 5.82 Å². The third kappa shape index (κ3) is 3.23. The van der Waals surface area contributed by atoms with Crippen molar-refractivity contribution in [3.05, 3.63) is 34.6 Å². The van der Waals surface area contributed by atoms with Crippen molar-refractivity contribution in [3.63, 3.8) is 0 Å². The van der Waals surface area contributed by atoms with Gasteiger partial charge >= 0.3 is 0 Å². The molecule has 0 radical (unpaired) electrons. The SMILES string of the molecule is CCc1nsc(Sc2ccc(C(C)O)c(Cl)c2)n1. The van der Waals surface area contributed by atoms with E-state index in [2.05, 4.69) is 9.36 Å². The standard InChI is InChI=1S/C12H13ClN2OS2/c1-3-11-14-12(18-15-11)17-8-4-5-9(7(2)16)10(13)6-8/h4-7,16H,3H2,1-2H3. The van der Waals surface area contributed by atoms with Crippen molar-refractivity contribution in [1.29, 1.82) is 0 Å². The molecule has 96 valence electrons. The molecule has 0 saturated carbocycles. The Morgan fingerprint density at radius 1 is 1.50 bits per heavy atom. The van der Waals surface area contributed by atoms with Gasteiger partial charge in [-0.1, -0.05) is 36.4 Å². The van der Waals surface area contributed by atoms with E-state index in [9.17, 15) is 5.11 Å². The Labute approximate surface area is 119 Å². The van der Waals surface area contributed by atoms with Crippen molar-refractivity contribution in [1.82, 2.24) is 9.36 Å². The Kier molecular flexibility index (Phi) is 4.61. The summed E-state index contributed by atoms with van der Waals surface area (Å²) in [5, 5.41) is 10.1. The third-order valence-corrected chi connectivity index (χ3v) is 4.50. The van der Waals surface area contributed by atoms with Gasteiger partial charge in [-0.25, -0.2) is 4.98 Å². The van der Waals surface area contributed by atoms with E-state index in [1.165, 1.54) is 23.3 Å². The molecule has 2 rings (SSSR count). The fourth-order valence-corrected chi connectivity index (χ4v) is 3.55. The number of nitrogens with zero attached hydrogens (tertiary/aromatic N) is 2. The zero-order chi connectivity index (χ0) is 13.1. The molecule has 18 heavy (non-hydrogen) atoms. The first kappa shape index (κ1) is 13.8. The minimum Gasteiger partial charge on any atom is -0.389 e. The van der Waals surface area contributed by atoms with Crippen LogP contribution in [0.25, 0.3) is 0 Å². The van der Waals surface area contributed by atoms with E-state index in [0.717, 1.165) is 27.0 Å². The van der Waals surface area contributed by atoms with Crippen molar-refractivity contribution in [2.45, 2.75) is 35.6 Å². The molecule has 0 aliphatic heterocycles. The lowest BCUT2D eigenvalue weighted by Crippen LogP contribution is -1.91. The molecular weight excluding hydrogens is 288 g/mol. The number of aliphatic hydroxyl groups is 1. The van der Waals surface area contributed by atoms with E-state index in [1.54, 1.807) is 6.92 Å². The van der Waals surface area contributed by atoms with Crippen molar-refractivity contribution in [2.75, 3.05) is 0 Å². The largest absolute Gasteiger partial charge is 0.389 e. The summed E-state index contributed by atoms with van der Waals surface area (Å²) in [5.41, 5.74) is 0.743. The van der Waals surface area contributed by atoms with Gasteiger partial charge in [-0.15, -0.1) is 0 Å². The van der Waals surface area contributed by atoms with Gasteiger partial charge < -0.3 is 5.11 Å². The Bertz CT molecular complexity index is 543. The topological polar surface area (TPSA) is 46.0 Å². The minimum absolute atomic E-state index is 0.551. The molecule has 6 heteroatoms.